The van der Waals surface area contributed by atoms with Gasteiger partial charge in [-0.2, -0.15) is 5.26 Å². The molecule has 3 rings (SSSR count). The van der Waals surface area contributed by atoms with Gasteiger partial charge in [0, 0.05) is 43.8 Å². The molecule has 5 nitrogen and oxygen atoms in total. The number of nitrogens with zero attached hydrogens (tertiary/aromatic N) is 2. The quantitative estimate of drug-likeness (QED) is 0.873. The number of hydrogen-bond acceptors (Lipinski definition) is 4. The van der Waals surface area contributed by atoms with Gasteiger partial charge in [-0.25, -0.2) is 0 Å². The van der Waals surface area contributed by atoms with E-state index in [0.29, 0.717) is 30.8 Å². The Bertz CT molecular complexity index is 770. The van der Waals surface area contributed by atoms with Crippen LogP contribution in [0.1, 0.15) is 21.5 Å². The molecular weight excluding hydrogens is 314 g/mol. The Morgan fingerprint density at radius 2 is 2.00 bits per heavy atom. The van der Waals surface area contributed by atoms with E-state index in [0.717, 1.165) is 5.56 Å². The van der Waals surface area contributed by atoms with E-state index in [-0.39, 0.29) is 24.5 Å². The van der Waals surface area contributed by atoms with E-state index in [4.69, 9.17) is 5.26 Å². The predicted molar refractivity (Wildman–Crippen MR) is 94.7 cm³/mol. The van der Waals surface area contributed by atoms with Crippen molar-refractivity contribution in [1.29, 1.82) is 5.26 Å². The minimum Gasteiger partial charge on any atom is -0.396 e. The maximum Gasteiger partial charge on any atom is 0.251 e. The summed E-state index contributed by atoms with van der Waals surface area (Å²) in [6.07, 6.45) is 0. The molecule has 0 aromatic heterocycles. The number of carbonyl (C=O) groups is 1. The second-order valence-corrected chi connectivity index (χ2v) is 6.39. The zero-order chi connectivity index (χ0) is 17.6. The maximum atomic E-state index is 12.4. The second-order valence-electron chi connectivity index (χ2n) is 6.39. The van der Waals surface area contributed by atoms with Gasteiger partial charge in [-0.1, -0.05) is 30.3 Å². The lowest BCUT2D eigenvalue weighted by Gasteiger charge is -2.18. The highest BCUT2D eigenvalue weighted by Gasteiger charge is 2.33. The molecule has 1 aliphatic heterocycles. The molecule has 128 valence electrons. The van der Waals surface area contributed by atoms with Gasteiger partial charge in [0.2, 0.25) is 0 Å². The van der Waals surface area contributed by atoms with Gasteiger partial charge >= 0.3 is 0 Å². The molecule has 1 heterocycles. The van der Waals surface area contributed by atoms with Crippen molar-refractivity contribution in [2.45, 2.75) is 12.6 Å². The highest BCUT2D eigenvalue weighted by atomic mass is 16.3. The van der Waals surface area contributed by atoms with Crippen molar-refractivity contribution >= 4 is 5.91 Å². The van der Waals surface area contributed by atoms with Crippen molar-refractivity contribution in [1.82, 2.24) is 10.2 Å². The molecule has 0 radical (unpaired) electrons. The number of carbonyl (C=O) groups excluding carboxylic acids is 1. The van der Waals surface area contributed by atoms with E-state index in [1.807, 2.05) is 36.4 Å². The van der Waals surface area contributed by atoms with Gasteiger partial charge in [-0.05, 0) is 29.8 Å². The van der Waals surface area contributed by atoms with Crippen LogP contribution in [-0.4, -0.2) is 41.7 Å². The van der Waals surface area contributed by atoms with Crippen molar-refractivity contribution in [3.8, 4) is 6.07 Å². The molecule has 2 aromatic carbocycles. The van der Waals surface area contributed by atoms with Gasteiger partial charge in [0.25, 0.3) is 5.91 Å². The molecule has 0 saturated carbocycles. The van der Waals surface area contributed by atoms with Crippen LogP contribution in [0.15, 0.2) is 54.6 Å². The molecule has 1 fully saturated rings. The Balaban J connectivity index is 1.64. The van der Waals surface area contributed by atoms with Crippen molar-refractivity contribution < 1.29 is 9.90 Å². The van der Waals surface area contributed by atoms with Crippen LogP contribution in [0.2, 0.25) is 0 Å². The molecule has 0 aliphatic carbocycles. The normalized spacial score (nSPS) is 20.2. The molecule has 25 heavy (non-hydrogen) atoms. The van der Waals surface area contributed by atoms with Crippen LogP contribution in [0.4, 0.5) is 0 Å². The van der Waals surface area contributed by atoms with Gasteiger partial charge in [0.1, 0.15) is 0 Å². The third kappa shape index (κ3) is 4.24. The van der Waals surface area contributed by atoms with E-state index >= 15 is 0 Å². The molecule has 2 atom stereocenters. The summed E-state index contributed by atoms with van der Waals surface area (Å²) in [5.74, 6) is -0.107. The lowest BCUT2D eigenvalue weighted by atomic mass is 10.0. The fraction of sp³-hybridized carbons (Fsp3) is 0.300. The SMILES string of the molecule is N#Cc1cccc(CN2C[C@@H](CO)[C@H](NC(=O)c3ccccc3)C2)c1. The number of amides is 1. The van der Waals surface area contributed by atoms with Gasteiger partial charge in [-0.3, -0.25) is 9.69 Å². The van der Waals surface area contributed by atoms with E-state index in [1.54, 1.807) is 18.2 Å². The minimum absolute atomic E-state index is 0.00631. The third-order valence-corrected chi connectivity index (χ3v) is 4.57. The Labute approximate surface area is 147 Å². The number of likely N-dealkylation sites (tertiary alicyclic amines) is 1. The van der Waals surface area contributed by atoms with Crippen molar-refractivity contribution in [3.05, 3.63) is 71.3 Å². The summed E-state index contributed by atoms with van der Waals surface area (Å²) in [6, 6.07) is 18.7. The van der Waals surface area contributed by atoms with Gasteiger partial charge in [0.05, 0.1) is 11.6 Å². The molecule has 1 saturated heterocycles. The van der Waals surface area contributed by atoms with Crippen LogP contribution < -0.4 is 5.32 Å². The Hall–Kier alpha value is -2.68. The fourth-order valence-corrected chi connectivity index (χ4v) is 3.28. The zero-order valence-corrected chi connectivity index (χ0v) is 13.9. The van der Waals surface area contributed by atoms with Gasteiger partial charge in [-0.15, -0.1) is 0 Å². The summed E-state index contributed by atoms with van der Waals surface area (Å²) in [5.41, 5.74) is 2.33. The average molecular weight is 335 g/mol. The number of aliphatic hydroxyl groups is 1. The minimum atomic E-state index is -0.114. The summed E-state index contributed by atoms with van der Waals surface area (Å²) < 4.78 is 0. The summed E-state index contributed by atoms with van der Waals surface area (Å²) >= 11 is 0. The molecule has 5 heteroatoms. The largest absolute Gasteiger partial charge is 0.396 e. The lowest BCUT2D eigenvalue weighted by Crippen LogP contribution is -2.41. The molecule has 2 N–H and O–H groups in total. The standard InChI is InChI=1S/C20H21N3O2/c21-10-15-5-4-6-16(9-15)11-23-12-18(14-24)19(13-23)22-20(25)17-7-2-1-3-8-17/h1-9,18-19,24H,11-14H2,(H,22,25)/t18-,19+/m0/s1. The average Bonchev–Trinajstić information content (AvgIpc) is 3.03. The summed E-state index contributed by atoms with van der Waals surface area (Å²) in [7, 11) is 0. The third-order valence-electron chi connectivity index (χ3n) is 4.57. The summed E-state index contributed by atoms with van der Waals surface area (Å²) in [4.78, 5) is 14.6. The fourth-order valence-electron chi connectivity index (χ4n) is 3.28. The smallest absolute Gasteiger partial charge is 0.251 e. The van der Waals surface area contributed by atoms with Crippen LogP contribution >= 0.6 is 0 Å². The van der Waals surface area contributed by atoms with E-state index in [1.165, 1.54) is 0 Å². The second kappa shape index (κ2) is 7.93. The lowest BCUT2D eigenvalue weighted by molar-refractivity contribution is 0.0921. The monoisotopic (exact) mass is 335 g/mol. The highest BCUT2D eigenvalue weighted by molar-refractivity contribution is 5.94. The molecule has 1 amide bonds. The Morgan fingerprint density at radius 1 is 1.20 bits per heavy atom. The molecular formula is C20H21N3O2. The van der Waals surface area contributed by atoms with Crippen molar-refractivity contribution in [2.24, 2.45) is 5.92 Å². The number of hydrogen-bond donors (Lipinski definition) is 2. The topological polar surface area (TPSA) is 76.4 Å². The first-order chi connectivity index (χ1) is 12.2. The van der Waals surface area contributed by atoms with E-state index < -0.39 is 0 Å². The number of aliphatic hydroxyl groups excluding tert-OH is 1. The first-order valence-electron chi connectivity index (χ1n) is 8.37. The van der Waals surface area contributed by atoms with Crippen LogP contribution in [0.25, 0.3) is 0 Å². The van der Waals surface area contributed by atoms with Crippen molar-refractivity contribution in [3.63, 3.8) is 0 Å². The summed E-state index contributed by atoms with van der Waals surface area (Å²) in [6.45, 7) is 2.13. The predicted octanol–water partition coefficient (Wildman–Crippen LogP) is 1.78. The van der Waals surface area contributed by atoms with Gasteiger partial charge < -0.3 is 10.4 Å². The van der Waals surface area contributed by atoms with Gasteiger partial charge in [0.15, 0.2) is 0 Å². The first-order valence-corrected chi connectivity index (χ1v) is 8.37. The number of benzene rings is 2. The zero-order valence-electron chi connectivity index (χ0n) is 13.9. The summed E-state index contributed by atoms with van der Waals surface area (Å²) in [5, 5.41) is 21.7. The molecule has 1 aliphatic rings. The molecule has 0 bridgehead atoms. The van der Waals surface area contributed by atoms with E-state index in [2.05, 4.69) is 16.3 Å². The van der Waals surface area contributed by atoms with Crippen LogP contribution in [0.3, 0.4) is 0 Å². The number of nitriles is 1. The molecule has 2 aromatic rings. The van der Waals surface area contributed by atoms with Crippen LogP contribution in [0.5, 0.6) is 0 Å². The number of rotatable bonds is 5. The first kappa shape index (κ1) is 17.2. The van der Waals surface area contributed by atoms with Crippen molar-refractivity contribution in [2.75, 3.05) is 19.7 Å². The molecule has 0 spiro atoms. The Morgan fingerprint density at radius 3 is 2.72 bits per heavy atom. The van der Waals surface area contributed by atoms with Crippen LogP contribution in [-0.2, 0) is 6.54 Å². The Kier molecular flexibility index (Phi) is 5.44. The molecule has 0 unspecified atom stereocenters. The number of nitrogens with one attached hydrogen (secondary N) is 1. The highest BCUT2D eigenvalue weighted by Crippen LogP contribution is 2.20. The van der Waals surface area contributed by atoms with E-state index in [9.17, 15) is 9.90 Å². The maximum absolute atomic E-state index is 12.4. The van der Waals surface area contributed by atoms with Crippen LogP contribution in [0, 0.1) is 17.2 Å².